The maximum absolute atomic E-state index is 5.99. The number of hydrogen-bond donors (Lipinski definition) is 0. The first kappa shape index (κ1) is 13.5. The Bertz CT molecular complexity index is 592. The number of ether oxygens (including phenoxy) is 1. The second kappa shape index (κ2) is 5.90. The molecule has 0 amide bonds. The van der Waals surface area contributed by atoms with Crippen LogP contribution in [0.1, 0.15) is 6.42 Å². The fourth-order valence-electron chi connectivity index (χ4n) is 2.32. The molecule has 0 bridgehead atoms. The third-order valence-corrected chi connectivity index (χ3v) is 4.05. The summed E-state index contributed by atoms with van der Waals surface area (Å²) in [7, 11) is 0. The molecule has 3 rings (SSSR count). The van der Waals surface area contributed by atoms with Crippen LogP contribution >= 0.6 is 23.2 Å². The van der Waals surface area contributed by atoms with Gasteiger partial charge >= 0.3 is 0 Å². The first-order valence-corrected chi connectivity index (χ1v) is 7.25. The first-order valence-electron chi connectivity index (χ1n) is 6.50. The van der Waals surface area contributed by atoms with Gasteiger partial charge in [0.15, 0.2) is 0 Å². The third-order valence-electron chi connectivity index (χ3n) is 3.31. The number of hydrogen-bond acceptors (Lipinski definition) is 3. The molecular weight excluding hydrogens is 295 g/mol. The second-order valence-electron chi connectivity index (χ2n) is 4.74. The summed E-state index contributed by atoms with van der Waals surface area (Å²) in [4.78, 5) is 6.58. The smallest absolute Gasteiger partial charge is 0.128 e. The normalized spacial score (nSPS) is 18.3. The molecule has 1 saturated heterocycles. The van der Waals surface area contributed by atoms with Crippen molar-refractivity contribution in [3.63, 3.8) is 0 Å². The molecule has 0 spiro atoms. The molecule has 1 unspecified atom stereocenters. The van der Waals surface area contributed by atoms with Gasteiger partial charge in [-0.1, -0.05) is 29.3 Å². The summed E-state index contributed by atoms with van der Waals surface area (Å²) in [5, 5.41) is 1.06. The number of anilines is 1. The molecule has 2 heterocycles. The summed E-state index contributed by atoms with van der Waals surface area (Å²) in [6.45, 7) is 1.78. The number of nitrogens with zero attached hydrogens (tertiary/aromatic N) is 2. The lowest BCUT2D eigenvalue weighted by atomic mass is 10.3. The summed E-state index contributed by atoms with van der Waals surface area (Å²) < 4.78 is 5.95. The van der Waals surface area contributed by atoms with E-state index in [0.717, 1.165) is 31.1 Å². The number of benzene rings is 1. The van der Waals surface area contributed by atoms with E-state index in [9.17, 15) is 0 Å². The quantitative estimate of drug-likeness (QED) is 0.855. The van der Waals surface area contributed by atoms with Crippen LogP contribution in [-0.2, 0) is 0 Å². The molecule has 20 heavy (non-hydrogen) atoms. The van der Waals surface area contributed by atoms with Crippen molar-refractivity contribution in [2.75, 3.05) is 18.0 Å². The molecule has 0 radical (unpaired) electrons. The Morgan fingerprint density at radius 3 is 2.80 bits per heavy atom. The van der Waals surface area contributed by atoms with Crippen LogP contribution in [0.2, 0.25) is 10.0 Å². The predicted molar refractivity (Wildman–Crippen MR) is 81.9 cm³/mol. The average molecular weight is 309 g/mol. The fourth-order valence-corrected chi connectivity index (χ4v) is 2.60. The van der Waals surface area contributed by atoms with Crippen LogP contribution in [0, 0.1) is 0 Å². The van der Waals surface area contributed by atoms with Gasteiger partial charge in [-0.15, -0.1) is 0 Å². The lowest BCUT2D eigenvalue weighted by molar-refractivity contribution is 0.225. The molecule has 1 aromatic heterocycles. The Morgan fingerprint density at radius 1 is 1.15 bits per heavy atom. The fraction of sp³-hybridized carbons (Fsp3) is 0.267. The van der Waals surface area contributed by atoms with Crippen molar-refractivity contribution in [3.05, 3.63) is 52.6 Å². The maximum Gasteiger partial charge on any atom is 0.128 e. The number of rotatable bonds is 3. The van der Waals surface area contributed by atoms with E-state index < -0.39 is 0 Å². The highest BCUT2D eigenvalue weighted by Crippen LogP contribution is 2.28. The summed E-state index contributed by atoms with van der Waals surface area (Å²) in [6.07, 6.45) is 2.92. The molecule has 1 aliphatic heterocycles. The van der Waals surface area contributed by atoms with Gasteiger partial charge in [0.05, 0.1) is 16.6 Å². The Balaban J connectivity index is 1.64. The summed E-state index contributed by atoms with van der Waals surface area (Å²) in [5.41, 5.74) is 0. The van der Waals surface area contributed by atoms with Crippen LogP contribution in [0.15, 0.2) is 42.6 Å². The highest BCUT2D eigenvalue weighted by atomic mass is 35.5. The zero-order valence-electron chi connectivity index (χ0n) is 10.8. The molecule has 1 aromatic carbocycles. The molecule has 1 atom stereocenters. The van der Waals surface area contributed by atoms with E-state index in [-0.39, 0.29) is 6.10 Å². The topological polar surface area (TPSA) is 25.4 Å². The minimum absolute atomic E-state index is 0.147. The van der Waals surface area contributed by atoms with Gasteiger partial charge in [-0.05, 0) is 24.3 Å². The van der Waals surface area contributed by atoms with E-state index in [1.54, 1.807) is 12.1 Å². The van der Waals surface area contributed by atoms with E-state index >= 15 is 0 Å². The molecule has 0 aliphatic carbocycles. The van der Waals surface area contributed by atoms with Crippen molar-refractivity contribution < 1.29 is 4.74 Å². The highest BCUT2D eigenvalue weighted by Gasteiger charge is 2.24. The van der Waals surface area contributed by atoms with Crippen LogP contribution < -0.4 is 9.64 Å². The summed E-state index contributed by atoms with van der Waals surface area (Å²) in [5.74, 6) is 1.75. The SMILES string of the molecule is Clc1ccc(OC2CCN(c3ccccn3)C2)cc1Cl. The van der Waals surface area contributed by atoms with Crippen molar-refractivity contribution in [2.45, 2.75) is 12.5 Å². The minimum atomic E-state index is 0.147. The van der Waals surface area contributed by atoms with Crippen LogP contribution in [-0.4, -0.2) is 24.2 Å². The van der Waals surface area contributed by atoms with Crippen LogP contribution in [0.4, 0.5) is 5.82 Å². The van der Waals surface area contributed by atoms with Gasteiger partial charge < -0.3 is 9.64 Å². The molecule has 0 saturated carbocycles. The van der Waals surface area contributed by atoms with Crippen molar-refractivity contribution >= 4 is 29.0 Å². The Labute approximate surface area is 128 Å². The van der Waals surface area contributed by atoms with E-state index in [4.69, 9.17) is 27.9 Å². The Morgan fingerprint density at radius 2 is 2.05 bits per heavy atom. The number of halogens is 2. The molecule has 1 aliphatic rings. The second-order valence-corrected chi connectivity index (χ2v) is 5.55. The summed E-state index contributed by atoms with van der Waals surface area (Å²) >= 11 is 11.9. The van der Waals surface area contributed by atoms with Gasteiger partial charge in [0.25, 0.3) is 0 Å². The lowest BCUT2D eigenvalue weighted by Crippen LogP contribution is -2.25. The van der Waals surface area contributed by atoms with Gasteiger partial charge in [-0.3, -0.25) is 0 Å². The standard InChI is InChI=1S/C15H14Cl2N2O/c16-13-5-4-11(9-14(13)17)20-12-6-8-19(10-12)15-3-1-2-7-18-15/h1-5,7,9,12H,6,8,10H2. The zero-order valence-corrected chi connectivity index (χ0v) is 12.3. The Kier molecular flexibility index (Phi) is 3.99. The van der Waals surface area contributed by atoms with Crippen LogP contribution in [0.3, 0.4) is 0 Å². The minimum Gasteiger partial charge on any atom is -0.488 e. The van der Waals surface area contributed by atoms with E-state index in [2.05, 4.69) is 9.88 Å². The van der Waals surface area contributed by atoms with Crippen molar-refractivity contribution in [2.24, 2.45) is 0 Å². The molecule has 1 fully saturated rings. The first-order chi connectivity index (χ1) is 9.72. The predicted octanol–water partition coefficient (Wildman–Crippen LogP) is 4.05. The summed E-state index contributed by atoms with van der Waals surface area (Å²) in [6, 6.07) is 11.3. The van der Waals surface area contributed by atoms with E-state index in [1.807, 2.05) is 30.5 Å². The van der Waals surface area contributed by atoms with Crippen molar-refractivity contribution in [1.82, 2.24) is 4.98 Å². The van der Waals surface area contributed by atoms with Gasteiger partial charge in [0, 0.05) is 25.2 Å². The van der Waals surface area contributed by atoms with E-state index in [1.165, 1.54) is 0 Å². The van der Waals surface area contributed by atoms with Gasteiger partial charge in [-0.25, -0.2) is 4.98 Å². The van der Waals surface area contributed by atoms with Gasteiger partial charge in [0.1, 0.15) is 17.7 Å². The van der Waals surface area contributed by atoms with E-state index in [0.29, 0.717) is 10.0 Å². The van der Waals surface area contributed by atoms with Gasteiger partial charge in [-0.2, -0.15) is 0 Å². The van der Waals surface area contributed by atoms with Gasteiger partial charge in [0.2, 0.25) is 0 Å². The molecular formula is C15H14Cl2N2O. The third kappa shape index (κ3) is 3.00. The lowest BCUT2D eigenvalue weighted by Gasteiger charge is -2.18. The van der Waals surface area contributed by atoms with Crippen molar-refractivity contribution in [1.29, 1.82) is 0 Å². The monoisotopic (exact) mass is 308 g/mol. The zero-order chi connectivity index (χ0) is 13.9. The van der Waals surface area contributed by atoms with Crippen LogP contribution in [0.5, 0.6) is 5.75 Å². The number of pyridine rings is 1. The largest absolute Gasteiger partial charge is 0.488 e. The molecule has 5 heteroatoms. The molecule has 3 nitrogen and oxygen atoms in total. The van der Waals surface area contributed by atoms with Crippen LogP contribution in [0.25, 0.3) is 0 Å². The molecule has 0 N–H and O–H groups in total. The maximum atomic E-state index is 5.99. The Hall–Kier alpha value is -1.45. The average Bonchev–Trinajstić information content (AvgIpc) is 2.92. The number of aromatic nitrogens is 1. The molecule has 2 aromatic rings. The molecule has 104 valence electrons. The van der Waals surface area contributed by atoms with Crippen molar-refractivity contribution in [3.8, 4) is 5.75 Å². The highest BCUT2D eigenvalue weighted by molar-refractivity contribution is 6.42.